The third-order valence-electron chi connectivity index (χ3n) is 3.44. The molecule has 0 fully saturated rings. The molecule has 0 aromatic rings. The van der Waals surface area contributed by atoms with E-state index in [9.17, 15) is 0 Å². The number of hydrogen-bond acceptors (Lipinski definition) is 3. The maximum absolute atomic E-state index is 3.56. The van der Waals surface area contributed by atoms with E-state index >= 15 is 0 Å². The van der Waals surface area contributed by atoms with E-state index in [-0.39, 0.29) is 0 Å². The van der Waals surface area contributed by atoms with Crippen molar-refractivity contribution in [2.24, 2.45) is 0 Å². The van der Waals surface area contributed by atoms with E-state index in [2.05, 4.69) is 44.3 Å². The first-order valence-corrected chi connectivity index (χ1v) is 8.48. The SMILES string of the molecule is CCCNCC(CCC)N(C)C(C)CCSC. The Kier molecular flexibility index (Phi) is 11.5. The molecule has 0 aliphatic carbocycles. The van der Waals surface area contributed by atoms with Crippen LogP contribution in [-0.2, 0) is 0 Å². The van der Waals surface area contributed by atoms with Crippen LogP contribution in [0.3, 0.4) is 0 Å². The zero-order chi connectivity index (χ0) is 13.1. The van der Waals surface area contributed by atoms with E-state index in [1.165, 1.54) is 31.4 Å². The molecule has 2 atom stereocenters. The zero-order valence-electron chi connectivity index (χ0n) is 12.5. The van der Waals surface area contributed by atoms with E-state index in [0.29, 0.717) is 12.1 Å². The topological polar surface area (TPSA) is 15.3 Å². The Balaban J connectivity index is 4.06. The molecule has 0 saturated heterocycles. The van der Waals surface area contributed by atoms with E-state index < -0.39 is 0 Å². The van der Waals surface area contributed by atoms with Crippen LogP contribution in [0, 0.1) is 0 Å². The molecule has 0 aliphatic heterocycles. The number of likely N-dealkylation sites (N-methyl/N-ethyl adjacent to an activating group) is 1. The largest absolute Gasteiger partial charge is 0.315 e. The van der Waals surface area contributed by atoms with Crippen LogP contribution in [0.5, 0.6) is 0 Å². The van der Waals surface area contributed by atoms with Gasteiger partial charge in [0.2, 0.25) is 0 Å². The van der Waals surface area contributed by atoms with Gasteiger partial charge in [0.1, 0.15) is 0 Å². The van der Waals surface area contributed by atoms with Gasteiger partial charge in [0.15, 0.2) is 0 Å². The number of hydrogen-bond donors (Lipinski definition) is 1. The van der Waals surface area contributed by atoms with E-state index in [4.69, 9.17) is 0 Å². The Morgan fingerprint density at radius 1 is 1.18 bits per heavy atom. The highest BCUT2D eigenvalue weighted by molar-refractivity contribution is 7.98. The minimum Gasteiger partial charge on any atom is -0.315 e. The van der Waals surface area contributed by atoms with Crippen LogP contribution in [0.25, 0.3) is 0 Å². The first kappa shape index (κ1) is 17.3. The Morgan fingerprint density at radius 3 is 2.41 bits per heavy atom. The van der Waals surface area contributed by atoms with Gasteiger partial charge < -0.3 is 5.32 Å². The Hall–Kier alpha value is 0.270. The average molecular weight is 260 g/mol. The standard InChI is InChI=1S/C14H32N2S/c1-6-8-14(12-15-10-7-2)16(4)13(3)9-11-17-5/h13-15H,6-12H2,1-5H3. The molecule has 0 radical (unpaired) electrons. The molecule has 3 heteroatoms. The van der Waals surface area contributed by atoms with Gasteiger partial charge in [-0.1, -0.05) is 20.3 Å². The van der Waals surface area contributed by atoms with Crippen LogP contribution in [0.15, 0.2) is 0 Å². The monoisotopic (exact) mass is 260 g/mol. The fourth-order valence-corrected chi connectivity index (χ4v) is 2.66. The Labute approximate surface area is 113 Å². The van der Waals surface area contributed by atoms with Gasteiger partial charge in [-0.3, -0.25) is 4.90 Å². The molecule has 2 nitrogen and oxygen atoms in total. The predicted molar refractivity (Wildman–Crippen MR) is 82.1 cm³/mol. The van der Waals surface area contributed by atoms with Crippen molar-refractivity contribution in [3.8, 4) is 0 Å². The molecule has 0 spiro atoms. The van der Waals surface area contributed by atoms with Gasteiger partial charge in [-0.25, -0.2) is 0 Å². The van der Waals surface area contributed by atoms with Crippen molar-refractivity contribution in [2.75, 3.05) is 32.1 Å². The lowest BCUT2D eigenvalue weighted by Gasteiger charge is -2.33. The van der Waals surface area contributed by atoms with Gasteiger partial charge in [-0.15, -0.1) is 0 Å². The second kappa shape index (κ2) is 11.4. The molecular weight excluding hydrogens is 228 g/mol. The lowest BCUT2D eigenvalue weighted by molar-refractivity contribution is 0.167. The summed E-state index contributed by atoms with van der Waals surface area (Å²) in [6.45, 7) is 9.16. The summed E-state index contributed by atoms with van der Waals surface area (Å²) in [6.07, 6.45) is 7.30. The van der Waals surface area contributed by atoms with Crippen LogP contribution in [0.2, 0.25) is 0 Å². The summed E-state index contributed by atoms with van der Waals surface area (Å²) in [6, 6.07) is 1.39. The Bertz CT molecular complexity index is 164. The van der Waals surface area contributed by atoms with Crippen LogP contribution >= 0.6 is 11.8 Å². The summed E-state index contributed by atoms with van der Waals surface area (Å²) < 4.78 is 0. The van der Waals surface area contributed by atoms with Crippen LogP contribution < -0.4 is 5.32 Å². The summed E-state index contributed by atoms with van der Waals surface area (Å²) in [5.41, 5.74) is 0. The lowest BCUT2D eigenvalue weighted by atomic mass is 10.1. The van der Waals surface area contributed by atoms with Crippen molar-refractivity contribution in [3.05, 3.63) is 0 Å². The molecule has 0 heterocycles. The van der Waals surface area contributed by atoms with E-state index in [1.54, 1.807) is 0 Å². The van der Waals surface area contributed by atoms with Gasteiger partial charge in [0.25, 0.3) is 0 Å². The Morgan fingerprint density at radius 2 is 1.88 bits per heavy atom. The summed E-state index contributed by atoms with van der Waals surface area (Å²) in [7, 11) is 2.29. The summed E-state index contributed by atoms with van der Waals surface area (Å²) >= 11 is 1.95. The number of nitrogens with zero attached hydrogens (tertiary/aromatic N) is 1. The fourth-order valence-electron chi connectivity index (χ4n) is 2.08. The van der Waals surface area contributed by atoms with Gasteiger partial charge in [-0.2, -0.15) is 11.8 Å². The maximum Gasteiger partial charge on any atom is 0.0220 e. The average Bonchev–Trinajstić information content (AvgIpc) is 2.34. The summed E-state index contributed by atoms with van der Waals surface area (Å²) in [5.74, 6) is 1.27. The molecule has 0 saturated carbocycles. The molecule has 2 unspecified atom stereocenters. The van der Waals surface area contributed by atoms with Crippen molar-refractivity contribution in [2.45, 2.75) is 58.5 Å². The normalized spacial score (nSPS) is 15.2. The van der Waals surface area contributed by atoms with Crippen molar-refractivity contribution >= 4 is 11.8 Å². The van der Waals surface area contributed by atoms with E-state index in [1.807, 2.05) is 11.8 Å². The molecule has 0 bridgehead atoms. The molecule has 0 aromatic carbocycles. The molecule has 0 aliphatic rings. The number of nitrogens with one attached hydrogen (secondary N) is 1. The van der Waals surface area contributed by atoms with Crippen molar-refractivity contribution < 1.29 is 0 Å². The smallest absolute Gasteiger partial charge is 0.0220 e. The first-order chi connectivity index (χ1) is 8.17. The summed E-state index contributed by atoms with van der Waals surface area (Å²) in [5, 5.41) is 3.56. The van der Waals surface area contributed by atoms with Gasteiger partial charge in [0, 0.05) is 18.6 Å². The van der Waals surface area contributed by atoms with Crippen molar-refractivity contribution in [3.63, 3.8) is 0 Å². The van der Waals surface area contributed by atoms with Crippen molar-refractivity contribution in [1.82, 2.24) is 10.2 Å². The molecule has 17 heavy (non-hydrogen) atoms. The zero-order valence-corrected chi connectivity index (χ0v) is 13.3. The second-order valence-electron chi connectivity index (χ2n) is 4.94. The van der Waals surface area contributed by atoms with Crippen LogP contribution in [0.1, 0.15) is 46.5 Å². The lowest BCUT2D eigenvalue weighted by Crippen LogP contribution is -2.44. The molecule has 0 aromatic heterocycles. The highest BCUT2D eigenvalue weighted by atomic mass is 32.2. The maximum atomic E-state index is 3.56. The first-order valence-electron chi connectivity index (χ1n) is 7.08. The molecule has 1 N–H and O–H groups in total. The quantitative estimate of drug-likeness (QED) is 0.574. The minimum absolute atomic E-state index is 0.697. The third-order valence-corrected chi connectivity index (χ3v) is 4.08. The fraction of sp³-hybridized carbons (Fsp3) is 1.00. The highest BCUT2D eigenvalue weighted by Crippen LogP contribution is 2.12. The van der Waals surface area contributed by atoms with Gasteiger partial charge in [0.05, 0.1) is 0 Å². The van der Waals surface area contributed by atoms with Crippen molar-refractivity contribution in [1.29, 1.82) is 0 Å². The molecule has 104 valence electrons. The van der Waals surface area contributed by atoms with Gasteiger partial charge in [-0.05, 0) is 51.8 Å². The third kappa shape index (κ3) is 8.06. The van der Waals surface area contributed by atoms with Gasteiger partial charge >= 0.3 is 0 Å². The minimum atomic E-state index is 0.697. The highest BCUT2D eigenvalue weighted by Gasteiger charge is 2.18. The second-order valence-corrected chi connectivity index (χ2v) is 5.93. The number of rotatable bonds is 11. The molecule has 0 rings (SSSR count). The predicted octanol–water partition coefficient (Wildman–Crippen LogP) is 3.23. The van der Waals surface area contributed by atoms with E-state index in [0.717, 1.165) is 13.1 Å². The molecule has 0 amide bonds. The van der Waals surface area contributed by atoms with Crippen LogP contribution in [0.4, 0.5) is 0 Å². The number of thioether (sulfide) groups is 1. The molecular formula is C14H32N2S. The van der Waals surface area contributed by atoms with Crippen LogP contribution in [-0.4, -0.2) is 49.1 Å². The summed E-state index contributed by atoms with van der Waals surface area (Å²) in [4.78, 5) is 2.57.